The molecule has 2 N–H and O–H groups in total. The third-order valence-electron chi connectivity index (χ3n) is 8.72. The number of anilines is 2. The third-order valence-corrected chi connectivity index (χ3v) is 8.72. The van der Waals surface area contributed by atoms with Gasteiger partial charge in [0.15, 0.2) is 11.6 Å². The molecule has 53 heavy (non-hydrogen) atoms. The number of nitrogens with zero attached hydrogens (tertiary/aromatic N) is 8. The van der Waals surface area contributed by atoms with Gasteiger partial charge in [-0.25, -0.2) is 14.4 Å². The minimum atomic E-state index is -4.91. The summed E-state index contributed by atoms with van der Waals surface area (Å²) in [4.78, 5) is 19.4. The van der Waals surface area contributed by atoms with Crippen LogP contribution in [0.15, 0.2) is 116 Å². The zero-order valence-corrected chi connectivity index (χ0v) is 27.9. The molecule has 0 spiro atoms. The number of H-pyrrole nitrogens is 2. The van der Waals surface area contributed by atoms with Crippen LogP contribution in [0.4, 0.5) is 29.2 Å². The summed E-state index contributed by atoms with van der Waals surface area (Å²) in [6.07, 6.45) is 5.16. The van der Waals surface area contributed by atoms with Crippen LogP contribution in [0.1, 0.15) is 16.7 Å². The predicted octanol–water partition coefficient (Wildman–Crippen LogP) is 8.15. The van der Waals surface area contributed by atoms with Crippen molar-refractivity contribution in [1.29, 1.82) is 0 Å². The van der Waals surface area contributed by atoms with Crippen LogP contribution in [0.2, 0.25) is 0 Å². The van der Waals surface area contributed by atoms with Gasteiger partial charge in [-0.15, -0.1) is 0 Å². The largest absolute Gasteiger partial charge is 0.496 e. The SMILES string of the molecule is COc1ccccc1CN(c1cnc2cc(-c3cn[nH]c3)ccc2n1)N(Cc1ccc(F)c(C(F)(F)F)c1)c1cnc2cc(-c3cn[nH]c3)ccc2n1. The fourth-order valence-electron chi connectivity index (χ4n) is 6.06. The van der Waals surface area contributed by atoms with Gasteiger partial charge >= 0.3 is 6.18 Å². The summed E-state index contributed by atoms with van der Waals surface area (Å²) in [7, 11) is 1.55. The highest BCUT2D eigenvalue weighted by Gasteiger charge is 2.34. The van der Waals surface area contributed by atoms with Gasteiger partial charge in [0.1, 0.15) is 11.6 Å². The molecule has 0 unspecified atom stereocenters. The standard InChI is InChI=1S/C38H28F4N10O/c1-53-35-5-3-2-4-26(35)22-52(37-20-44-34-14-25(8-11-32(34)50-37)28-17-47-48-18-28)51(21-23-6-9-30(39)29(12-23)38(40,41)42)36-19-43-33-13-24(7-10-31(33)49-36)27-15-45-46-16-27/h2-20H,21-22H2,1H3,(H,45,46)(H,47,48). The molecule has 0 aliphatic heterocycles. The normalized spacial score (nSPS) is 11.6. The van der Waals surface area contributed by atoms with Crippen LogP contribution in [0.3, 0.4) is 0 Å². The van der Waals surface area contributed by atoms with Gasteiger partial charge in [0, 0.05) is 29.1 Å². The highest BCUT2D eigenvalue weighted by atomic mass is 19.4. The summed E-state index contributed by atoms with van der Waals surface area (Å²) in [6.45, 7) is -0.0469. The predicted molar refractivity (Wildman–Crippen MR) is 191 cm³/mol. The first-order chi connectivity index (χ1) is 25.7. The molecule has 0 saturated carbocycles. The first-order valence-corrected chi connectivity index (χ1v) is 16.3. The number of ether oxygens (including phenoxy) is 1. The average Bonchev–Trinajstić information content (AvgIpc) is 3.92. The molecule has 4 heterocycles. The van der Waals surface area contributed by atoms with Crippen molar-refractivity contribution in [3.63, 3.8) is 0 Å². The lowest BCUT2D eigenvalue weighted by Gasteiger charge is -2.37. The number of hydrogen-bond acceptors (Lipinski definition) is 9. The molecule has 4 aromatic carbocycles. The molecule has 11 nitrogen and oxygen atoms in total. The summed E-state index contributed by atoms with van der Waals surface area (Å²) >= 11 is 0. The van der Waals surface area contributed by atoms with Crippen molar-refractivity contribution < 1.29 is 22.3 Å². The van der Waals surface area contributed by atoms with E-state index in [-0.39, 0.29) is 18.7 Å². The Morgan fingerprint density at radius 3 is 1.77 bits per heavy atom. The molecule has 0 radical (unpaired) electrons. The number of aromatic nitrogens is 8. The molecule has 264 valence electrons. The lowest BCUT2D eigenvalue weighted by molar-refractivity contribution is -0.140. The lowest BCUT2D eigenvalue weighted by atomic mass is 10.1. The quantitative estimate of drug-likeness (QED) is 0.107. The van der Waals surface area contributed by atoms with Crippen molar-refractivity contribution in [1.82, 2.24) is 40.3 Å². The molecule has 0 saturated heterocycles. The highest BCUT2D eigenvalue weighted by molar-refractivity contribution is 5.83. The second-order valence-electron chi connectivity index (χ2n) is 12.1. The molecule has 0 fully saturated rings. The number of methoxy groups -OCH3 is 1. The van der Waals surface area contributed by atoms with Gasteiger partial charge in [-0.3, -0.25) is 30.2 Å². The molecule has 15 heteroatoms. The molecule has 0 aliphatic rings. The first kappa shape index (κ1) is 33.3. The van der Waals surface area contributed by atoms with Gasteiger partial charge in [0.25, 0.3) is 0 Å². The van der Waals surface area contributed by atoms with Crippen molar-refractivity contribution in [2.45, 2.75) is 19.3 Å². The smallest absolute Gasteiger partial charge is 0.419 e. The fourth-order valence-corrected chi connectivity index (χ4v) is 6.06. The van der Waals surface area contributed by atoms with E-state index in [1.165, 1.54) is 12.3 Å². The molecule has 0 amide bonds. The molecular weight excluding hydrogens is 688 g/mol. The van der Waals surface area contributed by atoms with Crippen LogP contribution >= 0.6 is 0 Å². The number of alkyl halides is 3. The number of nitrogens with one attached hydrogen (secondary N) is 2. The number of para-hydroxylation sites is 1. The Morgan fingerprint density at radius 1 is 0.642 bits per heavy atom. The highest BCUT2D eigenvalue weighted by Crippen LogP contribution is 2.34. The molecular formula is C38H28F4N10O. The number of halogens is 4. The van der Waals surface area contributed by atoms with E-state index in [0.717, 1.165) is 39.9 Å². The Kier molecular flexibility index (Phi) is 8.58. The Morgan fingerprint density at radius 2 is 1.23 bits per heavy atom. The zero-order valence-electron chi connectivity index (χ0n) is 27.9. The van der Waals surface area contributed by atoms with Crippen molar-refractivity contribution in [2.24, 2.45) is 0 Å². The van der Waals surface area contributed by atoms with Crippen LogP contribution in [0, 0.1) is 5.82 Å². The second-order valence-corrected chi connectivity index (χ2v) is 12.1. The van der Waals surface area contributed by atoms with Gasteiger partial charge < -0.3 is 4.74 Å². The maximum Gasteiger partial charge on any atom is 0.419 e. The van der Waals surface area contributed by atoms with Crippen molar-refractivity contribution in [3.8, 4) is 28.0 Å². The first-order valence-electron chi connectivity index (χ1n) is 16.3. The molecule has 0 bridgehead atoms. The fraction of sp³-hybridized carbons (Fsp3) is 0.105. The van der Waals surface area contributed by atoms with Crippen molar-refractivity contribution in [3.05, 3.63) is 139 Å². The Labute approximate surface area is 298 Å². The summed E-state index contributed by atoms with van der Waals surface area (Å²) < 4.78 is 62.0. The number of rotatable bonds is 10. The van der Waals surface area contributed by atoms with Crippen molar-refractivity contribution >= 4 is 33.7 Å². The monoisotopic (exact) mass is 716 g/mol. The van der Waals surface area contributed by atoms with Gasteiger partial charge in [-0.1, -0.05) is 36.4 Å². The third kappa shape index (κ3) is 6.79. The maximum absolute atomic E-state index is 14.5. The van der Waals surface area contributed by atoms with E-state index in [1.807, 2.05) is 60.7 Å². The molecule has 8 aromatic rings. The zero-order chi connectivity index (χ0) is 36.5. The summed E-state index contributed by atoms with van der Waals surface area (Å²) in [6, 6.07) is 21.5. The van der Waals surface area contributed by atoms with E-state index in [1.54, 1.807) is 48.1 Å². The number of aromatic amines is 2. The summed E-state index contributed by atoms with van der Waals surface area (Å²) in [5, 5.41) is 17.1. The number of fused-ring (bicyclic) bond motifs is 2. The molecule has 4 aromatic heterocycles. The second kappa shape index (κ2) is 13.7. The van der Waals surface area contributed by atoms with Crippen LogP contribution < -0.4 is 14.8 Å². The van der Waals surface area contributed by atoms with Gasteiger partial charge in [0.05, 0.1) is 72.6 Å². The summed E-state index contributed by atoms with van der Waals surface area (Å²) in [5.41, 5.74) is 5.34. The molecule has 0 aliphatic carbocycles. The minimum absolute atomic E-state index is 0.129. The minimum Gasteiger partial charge on any atom is -0.496 e. The van der Waals surface area contributed by atoms with Crippen LogP contribution in [-0.2, 0) is 19.3 Å². The maximum atomic E-state index is 14.5. The van der Waals surface area contributed by atoms with E-state index in [0.29, 0.717) is 39.5 Å². The van der Waals surface area contributed by atoms with E-state index < -0.39 is 17.6 Å². The van der Waals surface area contributed by atoms with E-state index in [4.69, 9.17) is 24.7 Å². The Hall–Kier alpha value is -6.90. The Bertz CT molecular complexity index is 2540. The van der Waals surface area contributed by atoms with E-state index in [2.05, 4.69) is 20.4 Å². The van der Waals surface area contributed by atoms with E-state index >= 15 is 0 Å². The van der Waals surface area contributed by atoms with Gasteiger partial charge in [-0.05, 0) is 59.2 Å². The van der Waals surface area contributed by atoms with Crippen molar-refractivity contribution in [2.75, 3.05) is 17.1 Å². The van der Waals surface area contributed by atoms with E-state index in [9.17, 15) is 17.6 Å². The molecule has 0 atom stereocenters. The average molecular weight is 717 g/mol. The van der Waals surface area contributed by atoms with Crippen LogP contribution in [-0.4, -0.2) is 47.4 Å². The van der Waals surface area contributed by atoms with Crippen LogP contribution in [0.25, 0.3) is 44.3 Å². The lowest BCUT2D eigenvalue weighted by Crippen LogP contribution is -2.43. The summed E-state index contributed by atoms with van der Waals surface area (Å²) in [5.74, 6) is -0.144. The number of hydrogen-bond donors (Lipinski definition) is 2. The van der Waals surface area contributed by atoms with Crippen LogP contribution in [0.5, 0.6) is 5.75 Å². The van der Waals surface area contributed by atoms with Gasteiger partial charge in [0.2, 0.25) is 0 Å². The van der Waals surface area contributed by atoms with Gasteiger partial charge in [-0.2, -0.15) is 23.4 Å². The molecule has 8 rings (SSSR count). The number of benzene rings is 4. The Balaban J connectivity index is 1.28. The topological polar surface area (TPSA) is 125 Å². The number of hydrazine groups is 1.